The maximum atomic E-state index is 12.0. The number of rotatable bonds is 2. The molecule has 0 aliphatic heterocycles. The monoisotopic (exact) mass is 317 g/mol. The van der Waals surface area contributed by atoms with Gasteiger partial charge in [0.15, 0.2) is 5.82 Å². The summed E-state index contributed by atoms with van der Waals surface area (Å²) in [5.41, 5.74) is 2.16. The number of hydrogen-bond donors (Lipinski definition) is 2. The Kier molecular flexibility index (Phi) is 2.96. The number of nitrogens with zero attached hydrogens (tertiary/aromatic N) is 3. The number of hydrogen-bond acceptors (Lipinski definition) is 4. The third-order valence-corrected chi connectivity index (χ3v) is 2.95. The molecule has 6 nitrogen and oxygen atoms in total. The average Bonchev–Trinajstić information content (AvgIpc) is 2.88. The summed E-state index contributed by atoms with van der Waals surface area (Å²) in [6.45, 7) is 0. The lowest BCUT2D eigenvalue weighted by Gasteiger charge is -2.03. The summed E-state index contributed by atoms with van der Waals surface area (Å²) in [6.07, 6.45) is 4.59. The zero-order chi connectivity index (χ0) is 13.2. The quantitative estimate of drug-likeness (QED) is 0.760. The zero-order valence-corrected chi connectivity index (χ0v) is 11.2. The van der Waals surface area contributed by atoms with E-state index < -0.39 is 0 Å². The van der Waals surface area contributed by atoms with Crippen LogP contribution < -0.4 is 5.32 Å². The number of carbonyl (C=O) groups is 1. The third-order valence-electron chi connectivity index (χ3n) is 2.54. The lowest BCUT2D eigenvalue weighted by molar-refractivity contribution is 0.102. The van der Waals surface area contributed by atoms with Crippen molar-refractivity contribution in [3.8, 4) is 0 Å². The van der Waals surface area contributed by atoms with Gasteiger partial charge in [0.2, 0.25) is 0 Å². The number of anilines is 1. The van der Waals surface area contributed by atoms with Crippen LogP contribution in [0.1, 0.15) is 10.4 Å². The molecule has 2 aromatic heterocycles. The van der Waals surface area contributed by atoms with Crippen molar-refractivity contribution in [3.63, 3.8) is 0 Å². The number of aromatic nitrogens is 4. The van der Waals surface area contributed by atoms with Gasteiger partial charge in [0.05, 0.1) is 29.8 Å². The Morgan fingerprint density at radius 2 is 2.11 bits per heavy atom. The van der Waals surface area contributed by atoms with Gasteiger partial charge >= 0.3 is 0 Å². The van der Waals surface area contributed by atoms with Gasteiger partial charge in [-0.25, -0.2) is 15.0 Å². The predicted octanol–water partition coefficient (Wildman–Crippen LogP) is 2.37. The topological polar surface area (TPSA) is 83.6 Å². The normalized spacial score (nSPS) is 10.6. The fourth-order valence-electron chi connectivity index (χ4n) is 1.64. The van der Waals surface area contributed by atoms with Gasteiger partial charge in [0.25, 0.3) is 5.91 Å². The van der Waals surface area contributed by atoms with Crippen molar-refractivity contribution in [2.24, 2.45) is 0 Å². The van der Waals surface area contributed by atoms with E-state index in [1.165, 1.54) is 12.4 Å². The van der Waals surface area contributed by atoms with Crippen LogP contribution in [0.15, 0.2) is 41.5 Å². The van der Waals surface area contributed by atoms with Crippen LogP contribution >= 0.6 is 15.9 Å². The fraction of sp³-hybridized carbons (Fsp3) is 0. The molecule has 19 heavy (non-hydrogen) atoms. The van der Waals surface area contributed by atoms with Crippen LogP contribution in [-0.4, -0.2) is 25.8 Å². The van der Waals surface area contributed by atoms with E-state index in [2.05, 4.69) is 41.2 Å². The van der Waals surface area contributed by atoms with E-state index in [0.717, 1.165) is 11.0 Å². The first-order valence-electron chi connectivity index (χ1n) is 5.44. The zero-order valence-electron chi connectivity index (χ0n) is 9.59. The molecule has 94 valence electrons. The maximum Gasteiger partial charge on any atom is 0.256 e. The van der Waals surface area contributed by atoms with Crippen molar-refractivity contribution >= 4 is 38.7 Å². The summed E-state index contributed by atoms with van der Waals surface area (Å²) >= 11 is 3.18. The molecule has 0 unspecified atom stereocenters. The minimum atomic E-state index is -0.242. The van der Waals surface area contributed by atoms with Crippen LogP contribution in [0.3, 0.4) is 0 Å². The molecule has 7 heteroatoms. The van der Waals surface area contributed by atoms with Crippen LogP contribution in [0.5, 0.6) is 0 Å². The van der Waals surface area contributed by atoms with Crippen molar-refractivity contribution < 1.29 is 4.79 Å². The summed E-state index contributed by atoms with van der Waals surface area (Å²) in [5.74, 6) is 0.158. The molecule has 0 atom stereocenters. The molecule has 0 aliphatic rings. The smallest absolute Gasteiger partial charge is 0.256 e. The minimum absolute atomic E-state index is 0.242. The number of aromatic amines is 1. The van der Waals surface area contributed by atoms with Crippen LogP contribution in [0.25, 0.3) is 11.0 Å². The molecule has 0 saturated carbocycles. The van der Waals surface area contributed by atoms with Gasteiger partial charge in [0, 0.05) is 5.56 Å². The highest BCUT2D eigenvalue weighted by atomic mass is 79.9. The molecule has 0 fully saturated rings. The maximum absolute atomic E-state index is 12.0. The highest BCUT2D eigenvalue weighted by Gasteiger charge is 2.08. The van der Waals surface area contributed by atoms with Gasteiger partial charge in [-0.2, -0.15) is 0 Å². The highest BCUT2D eigenvalue weighted by Crippen LogP contribution is 2.13. The van der Waals surface area contributed by atoms with Crippen LogP contribution in [0, 0.1) is 0 Å². The Bertz CT molecular complexity index is 737. The van der Waals surface area contributed by atoms with Gasteiger partial charge in [-0.05, 0) is 34.1 Å². The largest absolute Gasteiger partial charge is 0.345 e. The molecule has 1 amide bonds. The molecule has 3 rings (SSSR count). The second kappa shape index (κ2) is 4.77. The van der Waals surface area contributed by atoms with E-state index in [1.54, 1.807) is 24.5 Å². The number of nitrogens with one attached hydrogen (secondary N) is 2. The first-order chi connectivity index (χ1) is 9.22. The second-order valence-corrected chi connectivity index (χ2v) is 4.63. The van der Waals surface area contributed by atoms with Gasteiger partial charge < -0.3 is 10.3 Å². The Morgan fingerprint density at radius 3 is 2.89 bits per heavy atom. The minimum Gasteiger partial charge on any atom is -0.345 e. The fourth-order valence-corrected chi connectivity index (χ4v) is 1.85. The highest BCUT2D eigenvalue weighted by molar-refractivity contribution is 9.10. The molecule has 0 spiro atoms. The number of imidazole rings is 1. The summed E-state index contributed by atoms with van der Waals surface area (Å²) in [7, 11) is 0. The van der Waals surface area contributed by atoms with Crippen molar-refractivity contribution in [1.29, 1.82) is 0 Å². The van der Waals surface area contributed by atoms with E-state index in [1.807, 2.05) is 0 Å². The van der Waals surface area contributed by atoms with Crippen molar-refractivity contribution in [2.75, 3.05) is 5.32 Å². The van der Waals surface area contributed by atoms with Gasteiger partial charge in [-0.15, -0.1) is 0 Å². The number of fused-ring (bicyclic) bond motifs is 1. The second-order valence-electron chi connectivity index (χ2n) is 3.81. The third kappa shape index (κ3) is 2.45. The summed E-state index contributed by atoms with van der Waals surface area (Å²) in [5, 5.41) is 2.67. The van der Waals surface area contributed by atoms with Gasteiger partial charge in [-0.3, -0.25) is 4.79 Å². The Hall–Kier alpha value is -2.28. The van der Waals surface area contributed by atoms with Crippen molar-refractivity contribution in [3.05, 3.63) is 47.1 Å². The first kappa shape index (κ1) is 11.8. The van der Waals surface area contributed by atoms with Crippen molar-refractivity contribution in [1.82, 2.24) is 19.9 Å². The van der Waals surface area contributed by atoms with Crippen LogP contribution in [-0.2, 0) is 0 Å². The lowest BCUT2D eigenvalue weighted by atomic mass is 10.2. The number of H-pyrrole nitrogens is 1. The van der Waals surface area contributed by atoms with Gasteiger partial charge in [0.1, 0.15) is 4.60 Å². The Balaban J connectivity index is 1.84. The van der Waals surface area contributed by atoms with E-state index >= 15 is 0 Å². The number of benzene rings is 1. The van der Waals surface area contributed by atoms with E-state index in [0.29, 0.717) is 16.0 Å². The molecule has 2 heterocycles. The predicted molar refractivity (Wildman–Crippen MR) is 73.8 cm³/mol. The number of carbonyl (C=O) groups excluding carboxylic acids is 1. The molecule has 3 aromatic rings. The number of halogens is 1. The summed E-state index contributed by atoms with van der Waals surface area (Å²) in [4.78, 5) is 27.1. The molecule has 1 aromatic carbocycles. The van der Waals surface area contributed by atoms with E-state index in [-0.39, 0.29) is 5.91 Å². The molecule has 0 bridgehead atoms. The van der Waals surface area contributed by atoms with Crippen LogP contribution in [0.2, 0.25) is 0 Å². The van der Waals surface area contributed by atoms with Crippen LogP contribution in [0.4, 0.5) is 5.82 Å². The Labute approximate surface area is 116 Å². The van der Waals surface area contributed by atoms with E-state index in [4.69, 9.17) is 0 Å². The average molecular weight is 318 g/mol. The molecular formula is C12H8BrN5O. The molecule has 0 radical (unpaired) electrons. The lowest BCUT2D eigenvalue weighted by Crippen LogP contribution is -2.13. The molecule has 0 aliphatic carbocycles. The Morgan fingerprint density at radius 1 is 1.21 bits per heavy atom. The molecule has 2 N–H and O–H groups in total. The summed E-state index contributed by atoms with van der Waals surface area (Å²) < 4.78 is 0.615. The van der Waals surface area contributed by atoms with Crippen molar-refractivity contribution in [2.45, 2.75) is 0 Å². The first-order valence-corrected chi connectivity index (χ1v) is 6.24. The number of amides is 1. The molecular weight excluding hydrogens is 310 g/mol. The molecule has 0 saturated heterocycles. The SMILES string of the molecule is O=C(Nc1cnc(Br)cn1)c1ccc2nc[nH]c2c1. The summed E-state index contributed by atoms with van der Waals surface area (Å²) in [6, 6.07) is 5.24. The standard InChI is InChI=1S/C12H8BrN5O/c13-10-4-15-11(5-14-10)18-12(19)7-1-2-8-9(3-7)17-6-16-8/h1-6H,(H,16,17)(H,15,18,19). The van der Waals surface area contributed by atoms with Gasteiger partial charge in [-0.1, -0.05) is 0 Å². The van der Waals surface area contributed by atoms with E-state index in [9.17, 15) is 4.79 Å².